The van der Waals surface area contributed by atoms with Gasteiger partial charge < -0.3 is 4.90 Å². The van der Waals surface area contributed by atoms with Crippen LogP contribution in [0.2, 0.25) is 0 Å². The molecule has 7 heteroatoms. The molecular formula is C17H18F3N3O. The molecule has 0 spiro atoms. The molecule has 0 unspecified atom stereocenters. The second kappa shape index (κ2) is 7.42. The van der Waals surface area contributed by atoms with Crippen molar-refractivity contribution >= 4 is 5.91 Å². The summed E-state index contributed by atoms with van der Waals surface area (Å²) in [5.74, 6) is -0.878. The number of hydrogen-bond acceptors (Lipinski definition) is 3. The Balaban J connectivity index is 2.20. The Hall–Kier alpha value is -2.44. The number of amides is 1. The van der Waals surface area contributed by atoms with Crippen molar-refractivity contribution in [3.63, 3.8) is 0 Å². The molecule has 0 N–H and O–H groups in total. The zero-order valence-corrected chi connectivity index (χ0v) is 13.4. The quantitative estimate of drug-likeness (QED) is 0.837. The maximum absolute atomic E-state index is 12.9. The lowest BCUT2D eigenvalue weighted by atomic mass is 9.93. The van der Waals surface area contributed by atoms with Crippen LogP contribution in [0.5, 0.6) is 0 Å². The maximum atomic E-state index is 12.9. The first-order chi connectivity index (χ1) is 11.3. The van der Waals surface area contributed by atoms with Crippen molar-refractivity contribution < 1.29 is 18.0 Å². The van der Waals surface area contributed by atoms with Gasteiger partial charge in [0, 0.05) is 19.4 Å². The van der Waals surface area contributed by atoms with Crippen molar-refractivity contribution in [1.82, 2.24) is 14.9 Å². The number of carbonyl (C=O) groups is 1. The second-order valence-corrected chi connectivity index (χ2v) is 5.48. The average Bonchev–Trinajstić information content (AvgIpc) is 2.56. The van der Waals surface area contributed by atoms with Gasteiger partial charge in [-0.3, -0.25) is 14.8 Å². The van der Waals surface area contributed by atoms with Gasteiger partial charge in [0.25, 0.3) is 0 Å². The summed E-state index contributed by atoms with van der Waals surface area (Å²) in [5, 5.41) is 0. The molecule has 0 aliphatic rings. The van der Waals surface area contributed by atoms with Gasteiger partial charge in [0.15, 0.2) is 0 Å². The highest BCUT2D eigenvalue weighted by Gasteiger charge is 2.32. The summed E-state index contributed by atoms with van der Waals surface area (Å²) in [7, 11) is 1.60. The van der Waals surface area contributed by atoms with Gasteiger partial charge in [0.1, 0.15) is 0 Å². The molecule has 2 aromatic rings. The molecule has 0 saturated heterocycles. The smallest absolute Gasteiger partial charge is 0.339 e. The molecule has 0 fully saturated rings. The number of hydrogen-bond donors (Lipinski definition) is 0. The predicted molar refractivity (Wildman–Crippen MR) is 83.0 cm³/mol. The van der Waals surface area contributed by atoms with E-state index in [0.717, 1.165) is 12.1 Å². The van der Waals surface area contributed by atoms with Gasteiger partial charge in [-0.2, -0.15) is 13.2 Å². The molecule has 1 heterocycles. The van der Waals surface area contributed by atoms with Gasteiger partial charge in [0.2, 0.25) is 5.91 Å². The minimum Gasteiger partial charge on any atom is -0.339 e. The molecule has 2 rings (SSSR count). The van der Waals surface area contributed by atoms with E-state index in [9.17, 15) is 18.0 Å². The Bertz CT molecular complexity index is 689. The summed E-state index contributed by atoms with van der Waals surface area (Å²) >= 11 is 0. The minimum atomic E-state index is -4.43. The molecule has 4 nitrogen and oxygen atoms in total. The lowest BCUT2D eigenvalue weighted by Gasteiger charge is -2.23. The summed E-state index contributed by atoms with van der Waals surface area (Å²) in [6, 6.07) is 4.93. The normalized spacial score (nSPS) is 12.7. The molecule has 1 atom stereocenters. The van der Waals surface area contributed by atoms with E-state index in [4.69, 9.17) is 0 Å². The minimum absolute atomic E-state index is 0.248. The zero-order chi connectivity index (χ0) is 17.7. The molecule has 0 bridgehead atoms. The summed E-state index contributed by atoms with van der Waals surface area (Å²) < 4.78 is 38.6. The largest absolute Gasteiger partial charge is 0.416 e. The first-order valence-corrected chi connectivity index (χ1v) is 7.50. The van der Waals surface area contributed by atoms with Crippen LogP contribution in [0.3, 0.4) is 0 Å². The number of aromatic nitrogens is 2. The standard InChI is InChI=1S/C17H18F3N3O/c1-3-15(12-5-4-6-13(9-12)17(18,19)20)16(24)23(2)11-14-10-21-7-8-22-14/h4-10,15H,3,11H2,1-2H3/t15-/m1/s1. The molecule has 0 radical (unpaired) electrons. The third-order valence-electron chi connectivity index (χ3n) is 3.71. The van der Waals surface area contributed by atoms with E-state index in [2.05, 4.69) is 9.97 Å². The molecule has 1 aromatic heterocycles. The average molecular weight is 337 g/mol. The van der Waals surface area contributed by atoms with E-state index in [1.54, 1.807) is 26.2 Å². The van der Waals surface area contributed by atoms with Gasteiger partial charge >= 0.3 is 6.18 Å². The van der Waals surface area contributed by atoms with Crippen molar-refractivity contribution in [2.24, 2.45) is 0 Å². The molecule has 128 valence electrons. The molecular weight excluding hydrogens is 319 g/mol. The van der Waals surface area contributed by atoms with Crippen molar-refractivity contribution in [3.05, 3.63) is 59.7 Å². The second-order valence-electron chi connectivity index (χ2n) is 5.48. The van der Waals surface area contributed by atoms with E-state index in [1.165, 1.54) is 23.4 Å². The highest BCUT2D eigenvalue weighted by molar-refractivity contribution is 5.83. The topological polar surface area (TPSA) is 46.1 Å². The van der Waals surface area contributed by atoms with E-state index in [0.29, 0.717) is 17.7 Å². The highest BCUT2D eigenvalue weighted by Crippen LogP contribution is 2.32. The third-order valence-corrected chi connectivity index (χ3v) is 3.71. The predicted octanol–water partition coefficient (Wildman–Crippen LogP) is 3.65. The Morgan fingerprint density at radius 2 is 2.04 bits per heavy atom. The lowest BCUT2D eigenvalue weighted by Crippen LogP contribution is -2.31. The molecule has 0 saturated carbocycles. The Kier molecular flexibility index (Phi) is 5.54. The van der Waals surface area contributed by atoms with Gasteiger partial charge in [-0.05, 0) is 18.1 Å². The fourth-order valence-electron chi connectivity index (χ4n) is 2.48. The van der Waals surface area contributed by atoms with Crippen molar-refractivity contribution in [1.29, 1.82) is 0 Å². The fourth-order valence-corrected chi connectivity index (χ4v) is 2.48. The van der Waals surface area contributed by atoms with E-state index in [-0.39, 0.29) is 12.5 Å². The number of likely N-dealkylation sites (N-methyl/N-ethyl adjacent to an activating group) is 1. The summed E-state index contributed by atoms with van der Waals surface area (Å²) in [6.45, 7) is 2.03. The van der Waals surface area contributed by atoms with Crippen LogP contribution in [0.15, 0.2) is 42.9 Å². The van der Waals surface area contributed by atoms with Crippen LogP contribution in [0.25, 0.3) is 0 Å². The molecule has 1 amide bonds. The highest BCUT2D eigenvalue weighted by atomic mass is 19.4. The van der Waals surface area contributed by atoms with E-state index >= 15 is 0 Å². The number of rotatable bonds is 5. The number of benzene rings is 1. The third kappa shape index (κ3) is 4.31. The fraction of sp³-hybridized carbons (Fsp3) is 0.353. The monoisotopic (exact) mass is 337 g/mol. The Morgan fingerprint density at radius 1 is 1.29 bits per heavy atom. The molecule has 0 aliphatic heterocycles. The van der Waals surface area contributed by atoms with E-state index < -0.39 is 17.7 Å². The van der Waals surface area contributed by atoms with Gasteiger partial charge in [-0.25, -0.2) is 0 Å². The van der Waals surface area contributed by atoms with Crippen LogP contribution in [-0.4, -0.2) is 27.8 Å². The maximum Gasteiger partial charge on any atom is 0.416 e. The molecule has 1 aromatic carbocycles. The number of nitrogens with zero attached hydrogens (tertiary/aromatic N) is 3. The first-order valence-electron chi connectivity index (χ1n) is 7.50. The van der Waals surface area contributed by atoms with Crippen LogP contribution in [0, 0.1) is 0 Å². The number of carbonyl (C=O) groups excluding carboxylic acids is 1. The SMILES string of the molecule is CC[C@@H](C(=O)N(C)Cc1cnccn1)c1cccc(C(F)(F)F)c1. The van der Waals surface area contributed by atoms with Crippen LogP contribution < -0.4 is 0 Å². The zero-order valence-electron chi connectivity index (χ0n) is 13.4. The summed E-state index contributed by atoms with van der Waals surface area (Å²) in [5.41, 5.74) is 0.235. The van der Waals surface area contributed by atoms with Crippen molar-refractivity contribution in [2.45, 2.75) is 32.0 Å². The number of alkyl halides is 3. The van der Waals surface area contributed by atoms with Crippen LogP contribution >= 0.6 is 0 Å². The van der Waals surface area contributed by atoms with Crippen LogP contribution in [0.4, 0.5) is 13.2 Å². The number of halogens is 3. The van der Waals surface area contributed by atoms with Crippen molar-refractivity contribution in [2.75, 3.05) is 7.05 Å². The molecule has 0 aliphatic carbocycles. The summed E-state index contributed by atoms with van der Waals surface area (Å²) in [6.07, 6.45) is 0.587. The summed E-state index contributed by atoms with van der Waals surface area (Å²) in [4.78, 5) is 22.1. The van der Waals surface area contributed by atoms with E-state index in [1.807, 2.05) is 0 Å². The van der Waals surface area contributed by atoms with Gasteiger partial charge in [-0.15, -0.1) is 0 Å². The Morgan fingerprint density at radius 3 is 2.62 bits per heavy atom. The van der Waals surface area contributed by atoms with Crippen molar-refractivity contribution in [3.8, 4) is 0 Å². The first kappa shape index (κ1) is 17.9. The lowest BCUT2D eigenvalue weighted by molar-refractivity contribution is -0.138. The van der Waals surface area contributed by atoms with Gasteiger partial charge in [0.05, 0.1) is 29.9 Å². The van der Waals surface area contributed by atoms with Gasteiger partial charge in [-0.1, -0.05) is 25.1 Å². The Labute approximate surface area is 138 Å². The molecule has 24 heavy (non-hydrogen) atoms. The van der Waals surface area contributed by atoms with Crippen LogP contribution in [0.1, 0.15) is 36.1 Å². The van der Waals surface area contributed by atoms with Crippen LogP contribution in [-0.2, 0) is 17.5 Å².